The zero-order valence-electron chi connectivity index (χ0n) is 12.3. The first-order valence-electron chi connectivity index (χ1n) is 7.74. The maximum atomic E-state index is 5.73. The summed E-state index contributed by atoms with van der Waals surface area (Å²) in [6, 6.07) is 4.30. The van der Waals surface area contributed by atoms with Gasteiger partial charge in [-0.2, -0.15) is 4.98 Å². The molecular weight excluding hydrogens is 282 g/mol. The Balaban J connectivity index is 1.47. The summed E-state index contributed by atoms with van der Waals surface area (Å²) in [6.45, 7) is 2.85. The highest BCUT2D eigenvalue weighted by Crippen LogP contribution is 2.20. The van der Waals surface area contributed by atoms with Gasteiger partial charge in [0, 0.05) is 24.4 Å². The Morgan fingerprint density at radius 3 is 2.90 bits per heavy atom. The Morgan fingerprint density at radius 1 is 1.33 bits per heavy atom. The Bertz CT molecular complexity index is 528. The highest BCUT2D eigenvalue weighted by atomic mass is 32.1. The largest absolute Gasteiger partial charge is 0.340 e. The van der Waals surface area contributed by atoms with E-state index in [4.69, 9.17) is 5.73 Å². The quantitative estimate of drug-likeness (QED) is 0.858. The Labute approximate surface area is 129 Å². The highest BCUT2D eigenvalue weighted by Gasteiger charge is 2.20. The number of hydrogen-bond acceptors (Lipinski definition) is 5. The second-order valence-electron chi connectivity index (χ2n) is 5.68. The normalized spacial score (nSPS) is 16.5. The van der Waals surface area contributed by atoms with Crippen LogP contribution in [-0.2, 0) is 12.8 Å². The molecule has 0 radical (unpaired) electrons. The molecule has 0 unspecified atom stereocenters. The van der Waals surface area contributed by atoms with E-state index in [-0.39, 0.29) is 0 Å². The zero-order valence-corrected chi connectivity index (χ0v) is 13.1. The number of H-pyrrole nitrogens is 1. The Kier molecular flexibility index (Phi) is 4.87. The summed E-state index contributed by atoms with van der Waals surface area (Å²) >= 11 is 1.82. The van der Waals surface area contributed by atoms with Crippen LogP contribution >= 0.6 is 11.3 Å². The van der Waals surface area contributed by atoms with Crippen LogP contribution in [0.25, 0.3) is 0 Å². The predicted molar refractivity (Wildman–Crippen MR) is 86.7 cm³/mol. The molecule has 2 aromatic rings. The number of thiophene rings is 1. The molecule has 1 saturated heterocycles. The van der Waals surface area contributed by atoms with Crippen molar-refractivity contribution >= 4 is 17.3 Å². The minimum absolute atomic E-state index is 0.672. The number of nitrogens with one attached hydrogen (secondary N) is 1. The molecule has 114 valence electrons. The van der Waals surface area contributed by atoms with Gasteiger partial charge in [-0.15, -0.1) is 16.4 Å². The summed E-state index contributed by atoms with van der Waals surface area (Å²) < 4.78 is 0. The van der Waals surface area contributed by atoms with Gasteiger partial charge in [0.05, 0.1) is 0 Å². The van der Waals surface area contributed by atoms with E-state index in [0.29, 0.717) is 5.92 Å². The average Bonchev–Trinajstić information content (AvgIpc) is 3.19. The van der Waals surface area contributed by atoms with E-state index >= 15 is 0 Å². The van der Waals surface area contributed by atoms with E-state index in [1.807, 2.05) is 11.3 Å². The molecule has 1 aliphatic rings. The van der Waals surface area contributed by atoms with E-state index in [0.717, 1.165) is 63.5 Å². The third-order valence-corrected chi connectivity index (χ3v) is 5.10. The second-order valence-corrected chi connectivity index (χ2v) is 6.71. The minimum Gasteiger partial charge on any atom is -0.340 e. The molecule has 0 spiro atoms. The van der Waals surface area contributed by atoms with Crippen LogP contribution in [-0.4, -0.2) is 34.8 Å². The standard InChI is InChI=1S/C15H23N5S/c16-11-12-6-8-20(9-7-12)15-17-14(18-19-15)5-1-3-13-4-2-10-21-13/h2,4,10,12H,1,3,5-9,11,16H2,(H,17,18,19). The topological polar surface area (TPSA) is 70.8 Å². The van der Waals surface area contributed by atoms with Crippen molar-refractivity contribution in [3.05, 3.63) is 28.2 Å². The molecular formula is C15H23N5S. The van der Waals surface area contributed by atoms with E-state index in [1.165, 1.54) is 4.88 Å². The minimum atomic E-state index is 0.672. The fraction of sp³-hybridized carbons (Fsp3) is 0.600. The van der Waals surface area contributed by atoms with Crippen LogP contribution < -0.4 is 10.6 Å². The van der Waals surface area contributed by atoms with Crippen LogP contribution in [0.4, 0.5) is 5.95 Å². The summed E-state index contributed by atoms with van der Waals surface area (Å²) in [7, 11) is 0. The third-order valence-electron chi connectivity index (χ3n) is 4.17. The van der Waals surface area contributed by atoms with E-state index in [9.17, 15) is 0 Å². The number of aryl methyl sites for hydroxylation is 2. The van der Waals surface area contributed by atoms with Gasteiger partial charge in [0.2, 0.25) is 5.95 Å². The molecule has 0 saturated carbocycles. The lowest BCUT2D eigenvalue weighted by molar-refractivity contribution is 0.411. The van der Waals surface area contributed by atoms with Crippen LogP contribution in [0.1, 0.15) is 30.0 Å². The number of aromatic nitrogens is 3. The Hall–Kier alpha value is -1.40. The molecule has 1 aliphatic heterocycles. The number of aromatic amines is 1. The number of anilines is 1. The van der Waals surface area contributed by atoms with Gasteiger partial charge in [0.1, 0.15) is 5.82 Å². The summed E-state index contributed by atoms with van der Waals surface area (Å²) in [6.07, 6.45) is 5.50. The van der Waals surface area contributed by atoms with Crippen molar-refractivity contribution in [2.45, 2.75) is 32.1 Å². The number of nitrogens with two attached hydrogens (primary N) is 1. The average molecular weight is 305 g/mol. The van der Waals surface area contributed by atoms with Crippen LogP contribution in [0.15, 0.2) is 17.5 Å². The number of piperidine rings is 1. The fourth-order valence-electron chi connectivity index (χ4n) is 2.79. The van der Waals surface area contributed by atoms with Crippen molar-refractivity contribution in [1.82, 2.24) is 15.2 Å². The molecule has 0 atom stereocenters. The second kappa shape index (κ2) is 7.04. The van der Waals surface area contributed by atoms with Crippen LogP contribution in [0.2, 0.25) is 0 Å². The number of hydrogen-bond donors (Lipinski definition) is 2. The zero-order chi connectivity index (χ0) is 14.5. The molecule has 6 heteroatoms. The first-order valence-corrected chi connectivity index (χ1v) is 8.62. The van der Waals surface area contributed by atoms with Crippen molar-refractivity contribution in [3.63, 3.8) is 0 Å². The van der Waals surface area contributed by atoms with Crippen LogP contribution in [0, 0.1) is 5.92 Å². The lowest BCUT2D eigenvalue weighted by Crippen LogP contribution is -2.36. The molecule has 0 amide bonds. The van der Waals surface area contributed by atoms with Gasteiger partial charge in [-0.3, -0.25) is 5.10 Å². The van der Waals surface area contributed by atoms with Crippen LogP contribution in [0.3, 0.4) is 0 Å². The van der Waals surface area contributed by atoms with Gasteiger partial charge >= 0.3 is 0 Å². The summed E-state index contributed by atoms with van der Waals surface area (Å²) in [5, 5.41) is 9.58. The van der Waals surface area contributed by atoms with E-state index < -0.39 is 0 Å². The van der Waals surface area contributed by atoms with E-state index in [1.54, 1.807) is 0 Å². The summed E-state index contributed by atoms with van der Waals surface area (Å²) in [5.74, 6) is 2.53. The molecule has 1 fully saturated rings. The van der Waals surface area contributed by atoms with Gasteiger partial charge in [0.25, 0.3) is 0 Å². The lowest BCUT2D eigenvalue weighted by Gasteiger charge is -2.30. The van der Waals surface area contributed by atoms with Crippen molar-refractivity contribution < 1.29 is 0 Å². The summed E-state index contributed by atoms with van der Waals surface area (Å²) in [5.41, 5.74) is 5.73. The molecule has 3 heterocycles. The maximum Gasteiger partial charge on any atom is 0.244 e. The Morgan fingerprint density at radius 2 is 2.19 bits per heavy atom. The van der Waals surface area contributed by atoms with Crippen molar-refractivity contribution in [2.75, 3.05) is 24.5 Å². The molecule has 0 aliphatic carbocycles. The molecule has 21 heavy (non-hydrogen) atoms. The van der Waals surface area contributed by atoms with Crippen molar-refractivity contribution in [3.8, 4) is 0 Å². The van der Waals surface area contributed by atoms with Crippen LogP contribution in [0.5, 0.6) is 0 Å². The molecule has 2 aromatic heterocycles. The lowest BCUT2D eigenvalue weighted by atomic mass is 9.97. The van der Waals surface area contributed by atoms with Gasteiger partial charge < -0.3 is 10.6 Å². The number of nitrogens with zero attached hydrogens (tertiary/aromatic N) is 3. The summed E-state index contributed by atoms with van der Waals surface area (Å²) in [4.78, 5) is 8.35. The number of rotatable bonds is 6. The SMILES string of the molecule is NCC1CCN(c2n[nH]c(CCCc3cccs3)n2)CC1. The first kappa shape index (κ1) is 14.5. The van der Waals surface area contributed by atoms with Gasteiger partial charge in [-0.05, 0) is 49.6 Å². The third kappa shape index (κ3) is 3.83. The molecule has 0 bridgehead atoms. The van der Waals surface area contributed by atoms with E-state index in [2.05, 4.69) is 37.6 Å². The fourth-order valence-corrected chi connectivity index (χ4v) is 3.54. The van der Waals surface area contributed by atoms with Gasteiger partial charge in [-0.1, -0.05) is 6.07 Å². The first-order chi connectivity index (χ1) is 10.3. The monoisotopic (exact) mass is 305 g/mol. The molecule has 3 rings (SSSR count). The van der Waals surface area contributed by atoms with Crippen molar-refractivity contribution in [1.29, 1.82) is 0 Å². The molecule has 3 N–H and O–H groups in total. The molecule has 0 aromatic carbocycles. The van der Waals surface area contributed by atoms with Crippen molar-refractivity contribution in [2.24, 2.45) is 11.7 Å². The molecule has 5 nitrogen and oxygen atoms in total. The maximum absolute atomic E-state index is 5.73. The van der Waals surface area contributed by atoms with Gasteiger partial charge in [-0.25, -0.2) is 0 Å². The van der Waals surface area contributed by atoms with Gasteiger partial charge in [0.15, 0.2) is 0 Å². The highest BCUT2D eigenvalue weighted by molar-refractivity contribution is 7.09. The smallest absolute Gasteiger partial charge is 0.244 e. The predicted octanol–water partition coefficient (Wildman–Crippen LogP) is 2.22.